The van der Waals surface area contributed by atoms with Crippen molar-refractivity contribution in [3.63, 3.8) is 0 Å². The molecule has 1 aromatic rings. The molecular weight excluding hydrogens is 374 g/mol. The van der Waals surface area contributed by atoms with Gasteiger partial charge in [-0.05, 0) is 41.4 Å². The van der Waals surface area contributed by atoms with Gasteiger partial charge in [0, 0.05) is 5.75 Å². The lowest BCUT2D eigenvalue weighted by Crippen LogP contribution is -2.44. The maximum absolute atomic E-state index is 12.6. The standard InChI is InChI=1S/C10H12BrNO4S3/c1-5-3-8(18-9(5)11)19(15,16)12-6(2)17-4-7(12)10(13)14/h3,6-7H,4H2,1-2H3,(H,13,14). The Labute approximate surface area is 128 Å². The van der Waals surface area contributed by atoms with E-state index in [2.05, 4.69) is 15.9 Å². The van der Waals surface area contributed by atoms with Gasteiger partial charge in [-0.25, -0.2) is 8.42 Å². The first-order valence-corrected chi connectivity index (χ1v) is 9.49. The minimum Gasteiger partial charge on any atom is -0.480 e. The highest BCUT2D eigenvalue weighted by Gasteiger charge is 2.45. The summed E-state index contributed by atoms with van der Waals surface area (Å²) >= 11 is 5.73. The van der Waals surface area contributed by atoms with Crippen molar-refractivity contribution in [3.8, 4) is 0 Å². The van der Waals surface area contributed by atoms with E-state index < -0.39 is 22.0 Å². The smallest absolute Gasteiger partial charge is 0.322 e. The van der Waals surface area contributed by atoms with Crippen molar-refractivity contribution in [1.29, 1.82) is 0 Å². The van der Waals surface area contributed by atoms with Crippen molar-refractivity contribution in [1.82, 2.24) is 4.31 Å². The molecule has 19 heavy (non-hydrogen) atoms. The van der Waals surface area contributed by atoms with Crippen molar-refractivity contribution in [2.24, 2.45) is 0 Å². The molecule has 0 saturated carbocycles. The second-order valence-corrected chi connectivity index (χ2v) is 9.93. The van der Waals surface area contributed by atoms with E-state index in [1.54, 1.807) is 19.9 Å². The van der Waals surface area contributed by atoms with Gasteiger partial charge in [-0.2, -0.15) is 4.31 Å². The number of thiophene rings is 1. The third kappa shape index (κ3) is 2.71. The van der Waals surface area contributed by atoms with E-state index in [-0.39, 0.29) is 15.3 Å². The molecule has 0 spiro atoms. The average Bonchev–Trinajstić information content (AvgIpc) is 2.84. The van der Waals surface area contributed by atoms with Gasteiger partial charge in [-0.3, -0.25) is 4.79 Å². The second-order valence-electron chi connectivity index (χ2n) is 4.14. The highest BCUT2D eigenvalue weighted by Crippen LogP contribution is 2.38. The number of nitrogens with zero attached hydrogens (tertiary/aromatic N) is 1. The Morgan fingerprint density at radius 2 is 2.21 bits per heavy atom. The van der Waals surface area contributed by atoms with Crippen LogP contribution < -0.4 is 0 Å². The van der Waals surface area contributed by atoms with Crippen molar-refractivity contribution >= 4 is 55.0 Å². The molecular formula is C10H12BrNO4S3. The van der Waals surface area contributed by atoms with Crippen molar-refractivity contribution in [2.45, 2.75) is 29.5 Å². The van der Waals surface area contributed by atoms with Crippen molar-refractivity contribution in [2.75, 3.05) is 5.75 Å². The van der Waals surface area contributed by atoms with Gasteiger partial charge in [0.15, 0.2) is 0 Å². The summed E-state index contributed by atoms with van der Waals surface area (Å²) in [5.74, 6) is -0.825. The van der Waals surface area contributed by atoms with Crippen LogP contribution in [0.3, 0.4) is 0 Å². The molecule has 9 heteroatoms. The maximum atomic E-state index is 12.6. The predicted molar refractivity (Wildman–Crippen MR) is 79.1 cm³/mol. The van der Waals surface area contributed by atoms with Crippen LogP contribution >= 0.6 is 39.0 Å². The van der Waals surface area contributed by atoms with E-state index in [9.17, 15) is 13.2 Å². The number of hydrogen-bond acceptors (Lipinski definition) is 5. The predicted octanol–water partition coefficient (Wildman–Crippen LogP) is 2.36. The molecule has 1 saturated heterocycles. The normalized spacial score (nSPS) is 24.8. The molecule has 1 aromatic heterocycles. The molecule has 0 amide bonds. The number of carboxylic acid groups (broad SMARTS) is 1. The zero-order valence-electron chi connectivity index (χ0n) is 10.2. The van der Waals surface area contributed by atoms with Crippen LogP contribution in [-0.4, -0.2) is 41.0 Å². The number of thioether (sulfide) groups is 1. The Hall–Kier alpha value is -0.0900. The summed E-state index contributed by atoms with van der Waals surface area (Å²) in [4.78, 5) is 11.2. The summed E-state index contributed by atoms with van der Waals surface area (Å²) < 4.78 is 27.1. The molecule has 2 atom stereocenters. The van der Waals surface area contributed by atoms with E-state index in [1.807, 2.05) is 0 Å². The fourth-order valence-corrected chi connectivity index (χ4v) is 7.46. The summed E-state index contributed by atoms with van der Waals surface area (Å²) in [6.45, 7) is 3.51. The Morgan fingerprint density at radius 3 is 2.68 bits per heavy atom. The lowest BCUT2D eigenvalue weighted by molar-refractivity contribution is -0.140. The van der Waals surface area contributed by atoms with Crippen LogP contribution in [0, 0.1) is 6.92 Å². The fraction of sp³-hybridized carbons (Fsp3) is 0.500. The van der Waals surface area contributed by atoms with E-state index >= 15 is 0 Å². The van der Waals surface area contributed by atoms with Gasteiger partial charge < -0.3 is 5.11 Å². The molecule has 106 valence electrons. The van der Waals surface area contributed by atoms with Crippen LogP contribution in [0.15, 0.2) is 14.1 Å². The average molecular weight is 386 g/mol. The van der Waals surface area contributed by atoms with Gasteiger partial charge in [-0.15, -0.1) is 23.1 Å². The molecule has 1 fully saturated rings. The van der Waals surface area contributed by atoms with Crippen LogP contribution in [0.2, 0.25) is 0 Å². The largest absolute Gasteiger partial charge is 0.480 e. The van der Waals surface area contributed by atoms with E-state index in [0.29, 0.717) is 0 Å². The molecule has 1 N–H and O–H groups in total. The van der Waals surface area contributed by atoms with Gasteiger partial charge in [0.1, 0.15) is 10.3 Å². The molecule has 1 aliphatic rings. The number of rotatable bonds is 3. The Bertz CT molecular complexity index is 593. The quantitative estimate of drug-likeness (QED) is 0.863. The van der Waals surface area contributed by atoms with Crippen LogP contribution in [0.25, 0.3) is 0 Å². The third-order valence-electron chi connectivity index (χ3n) is 2.81. The first kappa shape index (κ1) is 15.3. The van der Waals surface area contributed by atoms with Crippen molar-refractivity contribution < 1.29 is 18.3 Å². The first-order valence-electron chi connectivity index (χ1n) is 5.39. The van der Waals surface area contributed by atoms with Gasteiger partial charge in [-0.1, -0.05) is 0 Å². The summed E-state index contributed by atoms with van der Waals surface area (Å²) in [5, 5.41) is 8.78. The number of sulfonamides is 1. The monoisotopic (exact) mass is 385 g/mol. The Balaban J connectivity index is 2.46. The minimum absolute atomic E-state index is 0.178. The highest BCUT2D eigenvalue weighted by molar-refractivity contribution is 9.11. The first-order chi connectivity index (χ1) is 8.75. The molecule has 1 aliphatic heterocycles. The van der Waals surface area contributed by atoms with Gasteiger partial charge in [0.05, 0.1) is 9.16 Å². The summed E-state index contributed by atoms with van der Waals surface area (Å²) in [6, 6.07) is 0.574. The summed E-state index contributed by atoms with van der Waals surface area (Å²) in [6.07, 6.45) is 0. The molecule has 2 rings (SSSR count). The van der Waals surface area contributed by atoms with Crippen LogP contribution in [0.1, 0.15) is 12.5 Å². The number of carbonyl (C=O) groups is 1. The third-order valence-corrected chi connectivity index (χ3v) is 8.73. The second kappa shape index (κ2) is 5.36. The highest BCUT2D eigenvalue weighted by atomic mass is 79.9. The van der Waals surface area contributed by atoms with Gasteiger partial charge in [0.2, 0.25) is 0 Å². The zero-order chi connectivity index (χ0) is 14.4. The number of aliphatic carboxylic acids is 1. The van der Waals surface area contributed by atoms with Crippen LogP contribution in [-0.2, 0) is 14.8 Å². The number of halogens is 1. The molecule has 0 radical (unpaired) electrons. The summed E-state index contributed by atoms with van der Waals surface area (Å²) in [7, 11) is -3.76. The van der Waals surface area contributed by atoms with Crippen molar-refractivity contribution in [3.05, 3.63) is 15.4 Å². The van der Waals surface area contributed by atoms with E-state index in [0.717, 1.165) is 25.0 Å². The van der Waals surface area contributed by atoms with Gasteiger partial charge in [0.25, 0.3) is 10.0 Å². The molecule has 5 nitrogen and oxygen atoms in total. The lowest BCUT2D eigenvalue weighted by atomic mass is 10.3. The van der Waals surface area contributed by atoms with Crippen LogP contribution in [0.5, 0.6) is 0 Å². The fourth-order valence-electron chi connectivity index (χ4n) is 1.84. The Kier molecular flexibility index (Phi) is 4.32. The van der Waals surface area contributed by atoms with E-state index in [4.69, 9.17) is 5.11 Å². The molecule has 0 aliphatic carbocycles. The molecule has 0 bridgehead atoms. The SMILES string of the molecule is Cc1cc(S(=O)(=O)N2C(C)SCC2C(=O)O)sc1Br. The minimum atomic E-state index is -3.76. The molecule has 0 aromatic carbocycles. The van der Waals surface area contributed by atoms with Crippen LogP contribution in [0.4, 0.5) is 0 Å². The van der Waals surface area contributed by atoms with Gasteiger partial charge >= 0.3 is 5.97 Å². The summed E-state index contributed by atoms with van der Waals surface area (Å²) in [5.41, 5.74) is 0.829. The zero-order valence-corrected chi connectivity index (χ0v) is 14.2. The molecule has 2 heterocycles. The number of aryl methyl sites for hydroxylation is 1. The van der Waals surface area contributed by atoms with E-state index in [1.165, 1.54) is 11.8 Å². The topological polar surface area (TPSA) is 74.7 Å². The number of carboxylic acids is 1. The lowest BCUT2D eigenvalue weighted by Gasteiger charge is -2.23. The maximum Gasteiger partial charge on any atom is 0.322 e. The number of hydrogen-bond donors (Lipinski definition) is 1. The molecule has 2 unspecified atom stereocenters. The Morgan fingerprint density at radius 1 is 1.58 bits per heavy atom.